The molecule has 6 heteroatoms. The summed E-state index contributed by atoms with van der Waals surface area (Å²) in [5, 5.41) is 6.40. The van der Waals surface area contributed by atoms with Crippen molar-refractivity contribution in [2.24, 2.45) is 0 Å². The molecule has 2 N–H and O–H groups in total. The van der Waals surface area contributed by atoms with Crippen LogP contribution in [-0.4, -0.2) is 21.0 Å². The van der Waals surface area contributed by atoms with Crippen molar-refractivity contribution >= 4 is 5.78 Å². The van der Waals surface area contributed by atoms with Crippen molar-refractivity contribution in [3.05, 3.63) is 75.9 Å². The summed E-state index contributed by atoms with van der Waals surface area (Å²) in [4.78, 5) is 26.2. The van der Waals surface area contributed by atoms with E-state index < -0.39 is 0 Å². The molecule has 0 saturated heterocycles. The number of hydrogen-bond donors (Lipinski definition) is 2. The smallest absolute Gasteiger partial charge is 0.264 e. The quantitative estimate of drug-likeness (QED) is 0.717. The molecule has 0 aliphatic carbocycles. The Morgan fingerprint density at radius 3 is 2.76 bits per heavy atom. The monoisotopic (exact) mass is 283 g/mol. The molecule has 0 saturated carbocycles. The lowest BCUT2D eigenvalue weighted by molar-refractivity contribution is 0.100. The van der Waals surface area contributed by atoms with Crippen molar-refractivity contribution in [3.63, 3.8) is 0 Å². The minimum atomic E-state index is -0.244. The second-order valence-corrected chi connectivity index (χ2v) is 4.70. The molecule has 3 heterocycles. The number of nitrogens with zero attached hydrogens (tertiary/aromatic N) is 1. The molecule has 0 spiro atoms. The maximum absolute atomic E-state index is 12.1. The fraction of sp³-hybridized carbons (Fsp3) is 0.133. The lowest BCUT2D eigenvalue weighted by atomic mass is 10.0. The molecule has 0 bridgehead atoms. The van der Waals surface area contributed by atoms with Gasteiger partial charge in [0, 0.05) is 17.7 Å². The molecule has 1 atom stereocenters. The highest BCUT2D eigenvalue weighted by Gasteiger charge is 2.17. The summed E-state index contributed by atoms with van der Waals surface area (Å²) in [6.45, 7) is 1.94. The highest BCUT2D eigenvalue weighted by molar-refractivity contribution is 6.05. The van der Waals surface area contributed by atoms with Crippen molar-refractivity contribution in [2.75, 3.05) is 0 Å². The number of ketones is 1. The molecule has 0 aliphatic heterocycles. The Morgan fingerprint density at radius 2 is 2.10 bits per heavy atom. The van der Waals surface area contributed by atoms with Crippen molar-refractivity contribution in [1.29, 1.82) is 0 Å². The molecule has 0 aromatic carbocycles. The predicted octanol–water partition coefficient (Wildman–Crippen LogP) is 2.07. The van der Waals surface area contributed by atoms with Crippen molar-refractivity contribution in [3.8, 4) is 0 Å². The van der Waals surface area contributed by atoms with Gasteiger partial charge in [-0.15, -0.1) is 0 Å². The standard InChI is InChI=1S/C15H13N3O3/c1-9(11-6-7-14(19)18-17-11)10-4-5-12(16-10)15(20)13-3-2-8-21-13/h2-9,16H,1H3,(H,18,19). The van der Waals surface area contributed by atoms with E-state index >= 15 is 0 Å². The van der Waals surface area contributed by atoms with Gasteiger partial charge in [-0.05, 0) is 30.3 Å². The van der Waals surface area contributed by atoms with E-state index in [0.29, 0.717) is 17.1 Å². The van der Waals surface area contributed by atoms with Crippen LogP contribution < -0.4 is 5.56 Å². The van der Waals surface area contributed by atoms with Gasteiger partial charge in [-0.2, -0.15) is 5.10 Å². The third-order valence-corrected chi connectivity index (χ3v) is 3.31. The number of carbonyl (C=O) groups excluding carboxylic acids is 1. The van der Waals surface area contributed by atoms with Crippen LogP contribution in [0.2, 0.25) is 0 Å². The lowest BCUT2D eigenvalue weighted by Crippen LogP contribution is -2.10. The fourth-order valence-corrected chi connectivity index (χ4v) is 2.09. The first kappa shape index (κ1) is 13.1. The third-order valence-electron chi connectivity index (χ3n) is 3.31. The first-order valence-corrected chi connectivity index (χ1v) is 6.48. The molecule has 0 fully saturated rings. The Kier molecular flexibility index (Phi) is 3.27. The third kappa shape index (κ3) is 2.55. The average molecular weight is 283 g/mol. The first-order chi connectivity index (χ1) is 10.1. The van der Waals surface area contributed by atoms with E-state index in [0.717, 1.165) is 5.69 Å². The van der Waals surface area contributed by atoms with Crippen LogP contribution in [-0.2, 0) is 0 Å². The summed E-state index contributed by atoms with van der Waals surface area (Å²) in [6, 6.07) is 9.92. The fourth-order valence-electron chi connectivity index (χ4n) is 2.09. The zero-order valence-electron chi connectivity index (χ0n) is 11.3. The highest BCUT2D eigenvalue weighted by Crippen LogP contribution is 2.21. The Bertz CT molecular complexity index is 794. The van der Waals surface area contributed by atoms with Gasteiger partial charge < -0.3 is 9.40 Å². The number of carbonyl (C=O) groups is 1. The van der Waals surface area contributed by atoms with Crippen molar-refractivity contribution in [2.45, 2.75) is 12.8 Å². The van der Waals surface area contributed by atoms with E-state index in [1.807, 2.05) is 13.0 Å². The van der Waals surface area contributed by atoms with Crippen LogP contribution in [0.4, 0.5) is 0 Å². The molecule has 1 unspecified atom stereocenters. The van der Waals surface area contributed by atoms with Crippen molar-refractivity contribution in [1.82, 2.24) is 15.2 Å². The number of rotatable bonds is 4. The van der Waals surface area contributed by atoms with E-state index in [1.54, 1.807) is 24.3 Å². The molecule has 3 aromatic heterocycles. The highest BCUT2D eigenvalue weighted by atomic mass is 16.3. The molecule has 3 rings (SSSR count). The maximum atomic E-state index is 12.1. The molecule has 3 aromatic rings. The number of H-pyrrole nitrogens is 2. The van der Waals surface area contributed by atoms with Gasteiger partial charge in [-0.3, -0.25) is 9.59 Å². The normalized spacial score (nSPS) is 12.2. The molecular weight excluding hydrogens is 270 g/mol. The van der Waals surface area contributed by atoms with Gasteiger partial charge in [0.25, 0.3) is 5.56 Å². The van der Waals surface area contributed by atoms with Gasteiger partial charge in [-0.1, -0.05) is 6.92 Å². The van der Waals surface area contributed by atoms with E-state index in [9.17, 15) is 9.59 Å². The summed E-state index contributed by atoms with van der Waals surface area (Å²) in [6.07, 6.45) is 1.46. The molecule has 106 valence electrons. The zero-order chi connectivity index (χ0) is 14.8. The second-order valence-electron chi connectivity index (χ2n) is 4.70. The molecule has 21 heavy (non-hydrogen) atoms. The first-order valence-electron chi connectivity index (χ1n) is 6.48. The topological polar surface area (TPSA) is 91.8 Å². The average Bonchev–Trinajstić information content (AvgIpc) is 3.18. The lowest BCUT2D eigenvalue weighted by Gasteiger charge is -2.07. The van der Waals surface area contributed by atoms with E-state index in [4.69, 9.17) is 4.42 Å². The minimum Gasteiger partial charge on any atom is -0.461 e. The Balaban J connectivity index is 1.86. The zero-order valence-corrected chi connectivity index (χ0v) is 11.3. The van der Waals surface area contributed by atoms with Gasteiger partial charge >= 0.3 is 0 Å². The van der Waals surface area contributed by atoms with Crippen LogP contribution in [0.5, 0.6) is 0 Å². The van der Waals surface area contributed by atoms with Crippen LogP contribution in [0.1, 0.15) is 40.5 Å². The number of furan rings is 1. The molecule has 0 radical (unpaired) electrons. The molecule has 6 nitrogen and oxygen atoms in total. The van der Waals surface area contributed by atoms with E-state index in [2.05, 4.69) is 15.2 Å². The summed E-state index contributed by atoms with van der Waals surface area (Å²) in [5.41, 5.74) is 1.76. The van der Waals surface area contributed by atoms with E-state index in [1.165, 1.54) is 12.3 Å². The predicted molar refractivity (Wildman–Crippen MR) is 75.3 cm³/mol. The molecular formula is C15H13N3O3. The summed E-state index contributed by atoms with van der Waals surface area (Å²) in [5.74, 6) is 0.0195. The van der Waals surface area contributed by atoms with Crippen LogP contribution in [0.3, 0.4) is 0 Å². The SMILES string of the molecule is CC(c1ccc(=O)[nH]n1)c1ccc(C(=O)c2ccco2)[nH]1. The van der Waals surface area contributed by atoms with Gasteiger partial charge in [0.15, 0.2) is 5.76 Å². The van der Waals surface area contributed by atoms with Gasteiger partial charge in [-0.25, -0.2) is 5.10 Å². The number of aromatic amines is 2. The van der Waals surface area contributed by atoms with Crippen LogP contribution >= 0.6 is 0 Å². The Morgan fingerprint density at radius 1 is 1.24 bits per heavy atom. The van der Waals surface area contributed by atoms with Gasteiger partial charge in [0.05, 0.1) is 17.7 Å². The van der Waals surface area contributed by atoms with Crippen LogP contribution in [0.15, 0.2) is 51.9 Å². The summed E-state index contributed by atoms with van der Waals surface area (Å²) < 4.78 is 5.10. The number of hydrogen-bond acceptors (Lipinski definition) is 4. The van der Waals surface area contributed by atoms with Gasteiger partial charge in [0.2, 0.25) is 5.78 Å². The minimum absolute atomic E-state index is 0.0694. The maximum Gasteiger partial charge on any atom is 0.264 e. The van der Waals surface area contributed by atoms with Crippen LogP contribution in [0, 0.1) is 0 Å². The number of nitrogens with one attached hydrogen (secondary N) is 2. The summed E-state index contributed by atoms with van der Waals surface area (Å²) >= 11 is 0. The second kappa shape index (κ2) is 5.24. The van der Waals surface area contributed by atoms with Crippen molar-refractivity contribution < 1.29 is 9.21 Å². The largest absolute Gasteiger partial charge is 0.461 e. The summed E-state index contributed by atoms with van der Waals surface area (Å²) in [7, 11) is 0. The van der Waals surface area contributed by atoms with E-state index in [-0.39, 0.29) is 17.3 Å². The Labute approximate surface area is 119 Å². The number of aromatic nitrogens is 3. The van der Waals surface area contributed by atoms with Gasteiger partial charge in [0.1, 0.15) is 0 Å². The van der Waals surface area contributed by atoms with Crippen LogP contribution in [0.25, 0.3) is 0 Å². The molecule has 0 aliphatic rings. The molecule has 0 amide bonds. The Hall–Kier alpha value is -2.89.